The van der Waals surface area contributed by atoms with Crippen molar-refractivity contribution in [3.05, 3.63) is 47.7 Å². The highest BCUT2D eigenvalue weighted by molar-refractivity contribution is 5.89. The van der Waals surface area contributed by atoms with Gasteiger partial charge >= 0.3 is 5.97 Å². The molecule has 1 aromatic rings. The minimum Gasteiger partial charge on any atom is -0.512 e. The molecule has 0 aliphatic heterocycles. The van der Waals surface area contributed by atoms with Crippen LogP contribution in [0.5, 0.6) is 0 Å². The van der Waals surface area contributed by atoms with Gasteiger partial charge in [0.1, 0.15) is 0 Å². The predicted molar refractivity (Wildman–Crippen MR) is 132 cm³/mol. The van der Waals surface area contributed by atoms with Crippen molar-refractivity contribution in [1.29, 1.82) is 0 Å². The molecule has 192 valence electrons. The number of carbonyl (C=O) groups excluding carboxylic acids is 1. The number of ketones is 1. The third-order valence-electron chi connectivity index (χ3n) is 5.17. The van der Waals surface area contributed by atoms with Gasteiger partial charge in [-0.15, -0.1) is 0 Å². The second kappa shape index (κ2) is 21.3. The fourth-order valence-corrected chi connectivity index (χ4v) is 3.30. The molecule has 2 N–H and O–H groups in total. The van der Waals surface area contributed by atoms with E-state index in [9.17, 15) is 14.7 Å². The number of aliphatic carboxylic acids is 1. The monoisotopic (exact) mass is 478 g/mol. The lowest BCUT2D eigenvalue weighted by Crippen LogP contribution is -2.08. The Balaban J connectivity index is 1.84. The molecular weight excluding hydrogens is 436 g/mol. The second-order valence-electron chi connectivity index (χ2n) is 8.34. The van der Waals surface area contributed by atoms with Gasteiger partial charge in [-0.25, -0.2) is 0 Å². The first-order valence-corrected chi connectivity index (χ1v) is 12.5. The number of carbonyl (C=O) groups is 2. The van der Waals surface area contributed by atoms with Crippen molar-refractivity contribution in [1.82, 2.24) is 0 Å². The molecule has 34 heavy (non-hydrogen) atoms. The van der Waals surface area contributed by atoms with Crippen molar-refractivity contribution in [2.45, 2.75) is 77.2 Å². The van der Waals surface area contributed by atoms with Gasteiger partial charge in [-0.1, -0.05) is 49.6 Å². The number of carboxylic acids is 1. The molecule has 0 aliphatic rings. The van der Waals surface area contributed by atoms with Crippen LogP contribution in [0.3, 0.4) is 0 Å². The Morgan fingerprint density at radius 3 is 1.94 bits per heavy atom. The zero-order valence-corrected chi connectivity index (χ0v) is 20.4. The second-order valence-corrected chi connectivity index (χ2v) is 8.34. The maximum absolute atomic E-state index is 11.9. The first-order valence-electron chi connectivity index (χ1n) is 12.5. The van der Waals surface area contributed by atoms with E-state index < -0.39 is 5.97 Å². The average molecular weight is 479 g/mol. The molecule has 0 amide bonds. The molecule has 1 rings (SSSR count). The van der Waals surface area contributed by atoms with Gasteiger partial charge in [-0.05, 0) is 37.7 Å². The Morgan fingerprint density at radius 1 is 0.647 bits per heavy atom. The van der Waals surface area contributed by atoms with E-state index in [1.54, 1.807) is 0 Å². The van der Waals surface area contributed by atoms with Crippen LogP contribution in [0.4, 0.5) is 0 Å². The van der Waals surface area contributed by atoms with Crippen LogP contribution >= 0.6 is 0 Å². The number of hydrogen-bond acceptors (Lipinski definition) is 6. The quantitative estimate of drug-likeness (QED) is 0.119. The molecule has 0 aliphatic carbocycles. The molecule has 0 fully saturated rings. The normalized spacial score (nSPS) is 11.6. The molecule has 0 atom stereocenters. The SMILES string of the molecule is O=C(O)CCCCCCCC(=O)/C=C(\O)CCCCOCCOCCCOCc1ccccc1. The summed E-state index contributed by atoms with van der Waals surface area (Å²) in [4.78, 5) is 22.3. The highest BCUT2D eigenvalue weighted by Gasteiger charge is 2.03. The Bertz CT molecular complexity index is 673. The van der Waals surface area contributed by atoms with E-state index in [4.69, 9.17) is 19.3 Å². The number of carboxylic acid groups (broad SMARTS) is 1. The maximum Gasteiger partial charge on any atom is 0.303 e. The van der Waals surface area contributed by atoms with Crippen molar-refractivity contribution < 1.29 is 34.0 Å². The Labute approximate surface area is 204 Å². The van der Waals surface area contributed by atoms with E-state index in [0.29, 0.717) is 58.9 Å². The summed E-state index contributed by atoms with van der Waals surface area (Å²) >= 11 is 0. The third kappa shape index (κ3) is 19.3. The van der Waals surface area contributed by atoms with Crippen molar-refractivity contribution in [2.75, 3.05) is 33.0 Å². The zero-order valence-electron chi connectivity index (χ0n) is 20.4. The summed E-state index contributed by atoms with van der Waals surface area (Å²) in [5.74, 6) is -0.685. The lowest BCUT2D eigenvalue weighted by Gasteiger charge is -2.07. The highest BCUT2D eigenvalue weighted by atomic mass is 16.5. The van der Waals surface area contributed by atoms with Crippen molar-refractivity contribution in [3.63, 3.8) is 0 Å². The van der Waals surface area contributed by atoms with Gasteiger partial charge in [0, 0.05) is 45.2 Å². The Hall–Kier alpha value is -2.22. The molecule has 7 nitrogen and oxygen atoms in total. The summed E-state index contributed by atoms with van der Waals surface area (Å²) in [7, 11) is 0. The van der Waals surface area contributed by atoms with Crippen LogP contribution in [0, 0.1) is 0 Å². The number of allylic oxidation sites excluding steroid dienone is 2. The number of ether oxygens (including phenoxy) is 3. The minimum atomic E-state index is -0.761. The van der Waals surface area contributed by atoms with Crippen LogP contribution in [0.25, 0.3) is 0 Å². The predicted octanol–water partition coefficient (Wildman–Crippen LogP) is 5.62. The minimum absolute atomic E-state index is 0.0538. The number of rotatable bonds is 23. The fraction of sp³-hybridized carbons (Fsp3) is 0.630. The van der Waals surface area contributed by atoms with Crippen molar-refractivity contribution in [2.24, 2.45) is 0 Å². The Morgan fingerprint density at radius 2 is 1.24 bits per heavy atom. The summed E-state index contributed by atoms with van der Waals surface area (Å²) in [5, 5.41) is 18.5. The van der Waals surface area contributed by atoms with Gasteiger partial charge in [-0.3, -0.25) is 9.59 Å². The van der Waals surface area contributed by atoms with Crippen LogP contribution < -0.4 is 0 Å². The van der Waals surface area contributed by atoms with Crippen LogP contribution in [0.15, 0.2) is 42.2 Å². The van der Waals surface area contributed by atoms with Gasteiger partial charge in [0.15, 0.2) is 5.78 Å². The molecule has 0 saturated heterocycles. The van der Waals surface area contributed by atoms with Gasteiger partial charge < -0.3 is 24.4 Å². The van der Waals surface area contributed by atoms with Crippen LogP contribution in [0.1, 0.15) is 76.2 Å². The summed E-state index contributed by atoms with van der Waals surface area (Å²) < 4.78 is 16.7. The van der Waals surface area contributed by atoms with Gasteiger partial charge in [0.25, 0.3) is 0 Å². The first-order chi connectivity index (χ1) is 16.6. The summed E-state index contributed by atoms with van der Waals surface area (Å²) in [5.41, 5.74) is 1.17. The molecule has 0 saturated carbocycles. The smallest absolute Gasteiger partial charge is 0.303 e. The standard InChI is InChI=1S/C27H42O7/c28-25(14-7-2-1-3-8-16-27(30)31)22-26(29)15-9-10-17-32-20-21-33-18-11-19-34-23-24-12-5-4-6-13-24/h4-6,12-13,22,29H,1-3,7-11,14-21,23H2,(H,30,31)/b26-22-. The molecule has 0 aromatic heterocycles. The van der Waals surface area contributed by atoms with Crippen LogP contribution in [-0.2, 0) is 30.4 Å². The lowest BCUT2D eigenvalue weighted by atomic mass is 10.1. The fourth-order valence-electron chi connectivity index (χ4n) is 3.30. The highest BCUT2D eigenvalue weighted by Crippen LogP contribution is 2.10. The molecule has 0 bridgehead atoms. The molecule has 1 aromatic carbocycles. The summed E-state index contributed by atoms with van der Waals surface area (Å²) in [6.07, 6.45) is 9.04. The van der Waals surface area contributed by atoms with Crippen molar-refractivity contribution in [3.8, 4) is 0 Å². The van der Waals surface area contributed by atoms with E-state index in [1.165, 1.54) is 11.6 Å². The average Bonchev–Trinajstić information content (AvgIpc) is 2.82. The van der Waals surface area contributed by atoms with E-state index >= 15 is 0 Å². The summed E-state index contributed by atoms with van der Waals surface area (Å²) in [6.45, 7) is 3.64. The Kier molecular flexibility index (Phi) is 18.7. The zero-order chi connectivity index (χ0) is 24.7. The first kappa shape index (κ1) is 29.8. The molecular formula is C27H42O7. The number of aliphatic hydroxyl groups excluding tert-OH is 1. The van der Waals surface area contributed by atoms with E-state index in [1.807, 2.05) is 30.3 Å². The maximum atomic E-state index is 11.9. The van der Waals surface area contributed by atoms with E-state index in [2.05, 4.69) is 0 Å². The number of aliphatic hydroxyl groups is 1. The molecule has 0 heterocycles. The van der Waals surface area contributed by atoms with Gasteiger partial charge in [0.05, 0.1) is 25.6 Å². The van der Waals surface area contributed by atoms with Gasteiger partial charge in [0.2, 0.25) is 0 Å². The number of hydrogen-bond donors (Lipinski definition) is 2. The topological polar surface area (TPSA) is 102 Å². The van der Waals surface area contributed by atoms with E-state index in [0.717, 1.165) is 44.9 Å². The summed E-state index contributed by atoms with van der Waals surface area (Å²) in [6, 6.07) is 10.1. The van der Waals surface area contributed by atoms with Gasteiger partial charge in [-0.2, -0.15) is 0 Å². The molecule has 0 unspecified atom stereocenters. The lowest BCUT2D eigenvalue weighted by molar-refractivity contribution is -0.137. The van der Waals surface area contributed by atoms with Crippen molar-refractivity contribution >= 4 is 11.8 Å². The van der Waals surface area contributed by atoms with Crippen LogP contribution in [-0.4, -0.2) is 55.0 Å². The largest absolute Gasteiger partial charge is 0.512 e. The number of unbranched alkanes of at least 4 members (excludes halogenated alkanes) is 5. The van der Waals surface area contributed by atoms with Crippen LogP contribution in [0.2, 0.25) is 0 Å². The molecule has 7 heteroatoms. The number of benzene rings is 1. The van der Waals surface area contributed by atoms with E-state index in [-0.39, 0.29) is 18.0 Å². The molecule has 0 spiro atoms. The molecule has 0 radical (unpaired) electrons. The third-order valence-corrected chi connectivity index (χ3v) is 5.17.